The van der Waals surface area contributed by atoms with Gasteiger partial charge in [-0.1, -0.05) is 42.5 Å². The number of methoxy groups -OCH3 is 1. The SMILES string of the molecule is CCOc1cc(CNCCc2ccccc2OC)cc(Br)c1OCc1ccccc1C. The molecule has 0 bridgehead atoms. The van der Waals surface area contributed by atoms with Crippen LogP contribution in [0, 0.1) is 6.92 Å². The Morgan fingerprint density at radius 2 is 1.65 bits per heavy atom. The number of benzene rings is 3. The minimum absolute atomic E-state index is 0.502. The van der Waals surface area contributed by atoms with Gasteiger partial charge in [0.1, 0.15) is 12.4 Å². The molecule has 3 aromatic carbocycles. The van der Waals surface area contributed by atoms with Crippen LogP contribution in [0.25, 0.3) is 0 Å². The van der Waals surface area contributed by atoms with Gasteiger partial charge in [0, 0.05) is 6.54 Å². The topological polar surface area (TPSA) is 39.7 Å². The highest BCUT2D eigenvalue weighted by Crippen LogP contribution is 2.37. The summed E-state index contributed by atoms with van der Waals surface area (Å²) in [6.45, 7) is 6.76. The molecule has 0 aliphatic carbocycles. The van der Waals surface area contributed by atoms with Gasteiger partial charge in [-0.3, -0.25) is 0 Å². The Bertz CT molecular complexity index is 990. The molecule has 1 N–H and O–H groups in total. The van der Waals surface area contributed by atoms with E-state index in [1.54, 1.807) is 7.11 Å². The Kier molecular flexibility index (Phi) is 8.80. The molecule has 0 radical (unpaired) electrons. The molecule has 0 aromatic heterocycles. The third-order valence-electron chi connectivity index (χ3n) is 5.10. The number of para-hydroxylation sites is 1. The molecule has 164 valence electrons. The van der Waals surface area contributed by atoms with Gasteiger partial charge in [-0.05, 0) is 83.2 Å². The van der Waals surface area contributed by atoms with Gasteiger partial charge in [0.15, 0.2) is 11.5 Å². The third kappa shape index (κ3) is 6.49. The maximum atomic E-state index is 6.15. The van der Waals surface area contributed by atoms with Crippen molar-refractivity contribution in [3.63, 3.8) is 0 Å². The predicted molar refractivity (Wildman–Crippen MR) is 129 cm³/mol. The van der Waals surface area contributed by atoms with E-state index in [9.17, 15) is 0 Å². The van der Waals surface area contributed by atoms with Crippen LogP contribution in [-0.2, 0) is 19.6 Å². The molecule has 0 aliphatic rings. The first-order valence-corrected chi connectivity index (χ1v) is 11.4. The van der Waals surface area contributed by atoms with Crippen molar-refractivity contribution in [2.45, 2.75) is 33.4 Å². The minimum atomic E-state index is 0.502. The van der Waals surface area contributed by atoms with Crippen molar-refractivity contribution in [3.05, 3.63) is 87.4 Å². The molecule has 0 aliphatic heterocycles. The lowest BCUT2D eigenvalue weighted by molar-refractivity contribution is 0.267. The summed E-state index contributed by atoms with van der Waals surface area (Å²) in [6, 6.07) is 20.5. The molecule has 5 heteroatoms. The van der Waals surface area contributed by atoms with E-state index in [1.165, 1.54) is 16.7 Å². The molecule has 0 heterocycles. The Balaban J connectivity index is 1.63. The molecule has 0 saturated carbocycles. The summed E-state index contributed by atoms with van der Waals surface area (Å²) >= 11 is 3.68. The molecule has 0 saturated heterocycles. The molecular weight excluding hydrogens is 454 g/mol. The zero-order valence-corrected chi connectivity index (χ0v) is 20.0. The van der Waals surface area contributed by atoms with Crippen LogP contribution in [0.1, 0.15) is 29.2 Å². The average Bonchev–Trinajstić information content (AvgIpc) is 2.77. The second-order valence-electron chi connectivity index (χ2n) is 7.29. The summed E-state index contributed by atoms with van der Waals surface area (Å²) in [7, 11) is 1.71. The number of ether oxygens (including phenoxy) is 3. The van der Waals surface area contributed by atoms with Gasteiger partial charge in [0.2, 0.25) is 0 Å². The standard InChI is InChI=1S/C26H30BrNO3/c1-4-30-25-16-20(17-28-14-13-21-10-7-8-12-24(21)29-3)15-23(27)26(25)31-18-22-11-6-5-9-19(22)2/h5-12,15-16,28H,4,13-14,17-18H2,1-3H3. The van der Waals surface area contributed by atoms with Crippen molar-refractivity contribution in [1.29, 1.82) is 0 Å². The quantitative estimate of drug-likeness (QED) is 0.335. The molecule has 0 atom stereocenters. The van der Waals surface area contributed by atoms with Gasteiger partial charge in [-0.25, -0.2) is 0 Å². The number of aryl methyl sites for hydroxylation is 1. The molecular formula is C26H30BrNO3. The van der Waals surface area contributed by atoms with Crippen LogP contribution in [0.15, 0.2) is 65.1 Å². The highest BCUT2D eigenvalue weighted by Gasteiger charge is 2.13. The zero-order valence-electron chi connectivity index (χ0n) is 18.4. The number of hydrogen-bond donors (Lipinski definition) is 1. The van der Waals surface area contributed by atoms with Gasteiger partial charge in [0.25, 0.3) is 0 Å². The van der Waals surface area contributed by atoms with Gasteiger partial charge < -0.3 is 19.5 Å². The van der Waals surface area contributed by atoms with Crippen molar-refractivity contribution in [3.8, 4) is 17.2 Å². The smallest absolute Gasteiger partial charge is 0.175 e. The third-order valence-corrected chi connectivity index (χ3v) is 5.68. The first-order valence-electron chi connectivity index (χ1n) is 10.6. The van der Waals surface area contributed by atoms with Crippen LogP contribution < -0.4 is 19.5 Å². The van der Waals surface area contributed by atoms with E-state index in [0.29, 0.717) is 13.2 Å². The van der Waals surface area contributed by atoms with E-state index in [4.69, 9.17) is 14.2 Å². The fourth-order valence-corrected chi connectivity index (χ4v) is 4.02. The maximum absolute atomic E-state index is 6.15. The summed E-state index contributed by atoms with van der Waals surface area (Å²) in [5.74, 6) is 2.43. The van der Waals surface area contributed by atoms with E-state index < -0.39 is 0 Å². The molecule has 0 spiro atoms. The van der Waals surface area contributed by atoms with Crippen molar-refractivity contribution in [1.82, 2.24) is 5.32 Å². The monoisotopic (exact) mass is 483 g/mol. The van der Waals surface area contributed by atoms with E-state index in [-0.39, 0.29) is 0 Å². The molecule has 3 aromatic rings. The molecule has 3 rings (SSSR count). The lowest BCUT2D eigenvalue weighted by Crippen LogP contribution is -2.17. The van der Waals surface area contributed by atoms with Crippen LogP contribution in [0.3, 0.4) is 0 Å². The molecule has 4 nitrogen and oxygen atoms in total. The Morgan fingerprint density at radius 3 is 2.39 bits per heavy atom. The van der Waals surface area contributed by atoms with Crippen LogP contribution in [0.5, 0.6) is 17.2 Å². The van der Waals surface area contributed by atoms with Gasteiger partial charge >= 0.3 is 0 Å². The van der Waals surface area contributed by atoms with Crippen molar-refractivity contribution in [2.24, 2.45) is 0 Å². The first-order chi connectivity index (χ1) is 15.1. The van der Waals surface area contributed by atoms with Crippen LogP contribution in [-0.4, -0.2) is 20.3 Å². The summed E-state index contributed by atoms with van der Waals surface area (Å²) in [5, 5.41) is 3.51. The normalized spacial score (nSPS) is 10.7. The second kappa shape index (κ2) is 11.8. The number of nitrogens with one attached hydrogen (secondary N) is 1. The van der Waals surface area contributed by atoms with Gasteiger partial charge in [0.05, 0.1) is 18.2 Å². The zero-order chi connectivity index (χ0) is 22.1. The van der Waals surface area contributed by atoms with Crippen molar-refractivity contribution < 1.29 is 14.2 Å². The Morgan fingerprint density at radius 1 is 0.903 bits per heavy atom. The number of halogens is 1. The summed E-state index contributed by atoms with van der Waals surface area (Å²) in [4.78, 5) is 0. The minimum Gasteiger partial charge on any atom is -0.496 e. The van der Waals surface area contributed by atoms with E-state index in [0.717, 1.165) is 46.8 Å². The van der Waals surface area contributed by atoms with Crippen molar-refractivity contribution in [2.75, 3.05) is 20.3 Å². The summed E-state index contributed by atoms with van der Waals surface area (Å²) in [5.41, 5.74) is 4.72. The van der Waals surface area contributed by atoms with Crippen molar-refractivity contribution >= 4 is 15.9 Å². The first kappa shape index (κ1) is 23.2. The Hall–Kier alpha value is -2.50. The van der Waals surface area contributed by atoms with Crippen LogP contribution in [0.4, 0.5) is 0 Å². The highest BCUT2D eigenvalue weighted by molar-refractivity contribution is 9.10. The maximum Gasteiger partial charge on any atom is 0.175 e. The van der Waals surface area contributed by atoms with E-state index >= 15 is 0 Å². The highest BCUT2D eigenvalue weighted by atomic mass is 79.9. The lowest BCUT2D eigenvalue weighted by Gasteiger charge is -2.16. The fraction of sp³-hybridized carbons (Fsp3) is 0.308. The molecule has 0 unspecified atom stereocenters. The molecule has 0 fully saturated rings. The van der Waals surface area contributed by atoms with Crippen LogP contribution >= 0.6 is 15.9 Å². The fourth-order valence-electron chi connectivity index (χ4n) is 3.41. The van der Waals surface area contributed by atoms with Gasteiger partial charge in [-0.2, -0.15) is 0 Å². The summed E-state index contributed by atoms with van der Waals surface area (Å²) in [6.07, 6.45) is 0.904. The van der Waals surface area contributed by atoms with E-state index in [1.807, 2.05) is 37.3 Å². The Labute approximate surface area is 193 Å². The predicted octanol–water partition coefficient (Wildman–Crippen LogP) is 6.08. The largest absolute Gasteiger partial charge is 0.496 e. The van der Waals surface area contributed by atoms with E-state index in [2.05, 4.69) is 58.5 Å². The number of hydrogen-bond acceptors (Lipinski definition) is 4. The van der Waals surface area contributed by atoms with Gasteiger partial charge in [-0.15, -0.1) is 0 Å². The second-order valence-corrected chi connectivity index (χ2v) is 8.15. The number of rotatable bonds is 11. The van der Waals surface area contributed by atoms with Crippen LogP contribution in [0.2, 0.25) is 0 Å². The molecule has 0 amide bonds. The average molecular weight is 484 g/mol. The molecule has 31 heavy (non-hydrogen) atoms. The summed E-state index contributed by atoms with van der Waals surface area (Å²) < 4.78 is 18.4. The lowest BCUT2D eigenvalue weighted by atomic mass is 10.1.